The standard InChI is InChI=1S/C33H44N4O3/c1-22(33-19-23-15-24(20-33)17-25(16-23)21-33)34-29-18-28(9-10-30(29)37(39)40)35-11-13-36(14-12-35)31(38)26-5-7-27(8-6-26)32(2,3)4/h5-10,18,22-25,34H,11-17,19-21H2,1-4H3/t22-,23?,24?,25?,33?/m0/s1. The normalized spacial score (nSPS) is 28.4. The van der Waals surface area contributed by atoms with Gasteiger partial charge in [-0.05, 0) is 104 Å². The maximum absolute atomic E-state index is 13.2. The van der Waals surface area contributed by atoms with Gasteiger partial charge in [-0.3, -0.25) is 14.9 Å². The highest BCUT2D eigenvalue weighted by Crippen LogP contribution is 2.61. The number of hydrogen-bond acceptors (Lipinski definition) is 5. The van der Waals surface area contributed by atoms with Crippen molar-refractivity contribution in [2.45, 2.75) is 77.7 Å². The SMILES string of the molecule is C[C@H](Nc1cc(N2CCN(C(=O)c3ccc(C(C)(C)C)cc3)CC2)ccc1[N+](=O)[O-])C12CC3CC(CC(C3)C1)C2. The third-order valence-electron chi connectivity index (χ3n) is 10.5. The topological polar surface area (TPSA) is 78.7 Å². The Morgan fingerprint density at radius 2 is 1.52 bits per heavy atom. The first-order valence-electron chi connectivity index (χ1n) is 15.2. The number of rotatable bonds is 6. The molecule has 1 N–H and O–H groups in total. The van der Waals surface area contributed by atoms with Gasteiger partial charge >= 0.3 is 0 Å². The van der Waals surface area contributed by atoms with Gasteiger partial charge < -0.3 is 15.1 Å². The number of benzene rings is 2. The van der Waals surface area contributed by atoms with E-state index in [9.17, 15) is 14.9 Å². The molecule has 5 fully saturated rings. The van der Waals surface area contributed by atoms with E-state index >= 15 is 0 Å². The predicted molar refractivity (Wildman–Crippen MR) is 160 cm³/mol. The van der Waals surface area contributed by atoms with Crippen LogP contribution in [0, 0.1) is 33.3 Å². The molecule has 40 heavy (non-hydrogen) atoms. The molecule has 5 aliphatic rings. The van der Waals surface area contributed by atoms with Gasteiger partial charge in [-0.2, -0.15) is 0 Å². The fourth-order valence-electron chi connectivity index (χ4n) is 8.55. The lowest BCUT2D eigenvalue weighted by atomic mass is 9.48. The number of nitrogens with zero attached hydrogens (tertiary/aromatic N) is 3. The number of anilines is 2. The van der Waals surface area contributed by atoms with E-state index in [1.807, 2.05) is 29.2 Å². The zero-order valence-electron chi connectivity index (χ0n) is 24.5. The van der Waals surface area contributed by atoms with Gasteiger partial charge in [0.05, 0.1) is 4.92 Å². The molecule has 214 valence electrons. The van der Waals surface area contributed by atoms with E-state index < -0.39 is 0 Å². The van der Waals surface area contributed by atoms with E-state index in [-0.39, 0.29) is 33.4 Å². The van der Waals surface area contributed by atoms with E-state index in [2.05, 4.69) is 50.0 Å². The zero-order chi connectivity index (χ0) is 28.2. The van der Waals surface area contributed by atoms with Gasteiger partial charge in [-0.1, -0.05) is 32.9 Å². The fourth-order valence-corrected chi connectivity index (χ4v) is 8.55. The Morgan fingerprint density at radius 1 is 0.950 bits per heavy atom. The number of nitro groups is 1. The van der Waals surface area contributed by atoms with Crippen molar-refractivity contribution in [2.75, 3.05) is 36.4 Å². The molecular weight excluding hydrogens is 500 g/mol. The first kappa shape index (κ1) is 27.1. The van der Waals surface area contributed by atoms with Crippen LogP contribution in [0.25, 0.3) is 0 Å². The van der Waals surface area contributed by atoms with Gasteiger partial charge in [-0.15, -0.1) is 0 Å². The van der Waals surface area contributed by atoms with Crippen LogP contribution in [-0.4, -0.2) is 48.0 Å². The third-order valence-corrected chi connectivity index (χ3v) is 10.5. The molecule has 4 aliphatic carbocycles. The first-order valence-corrected chi connectivity index (χ1v) is 15.2. The molecule has 1 heterocycles. The molecule has 0 radical (unpaired) electrons. The van der Waals surface area contributed by atoms with Crippen molar-refractivity contribution < 1.29 is 9.72 Å². The Morgan fingerprint density at radius 3 is 2.05 bits per heavy atom. The lowest BCUT2D eigenvalue weighted by molar-refractivity contribution is -0.384. The number of piperazine rings is 1. The highest BCUT2D eigenvalue weighted by atomic mass is 16.6. The van der Waals surface area contributed by atoms with Gasteiger partial charge in [0.2, 0.25) is 0 Å². The molecule has 4 bridgehead atoms. The molecule has 7 rings (SSSR count). The lowest BCUT2D eigenvalue weighted by Gasteiger charge is -2.59. The molecule has 2 aromatic carbocycles. The van der Waals surface area contributed by atoms with Crippen molar-refractivity contribution in [2.24, 2.45) is 23.2 Å². The first-order chi connectivity index (χ1) is 19.0. The average molecular weight is 545 g/mol. The Labute approximate surface area is 238 Å². The van der Waals surface area contributed by atoms with Crippen LogP contribution in [0.4, 0.5) is 17.1 Å². The van der Waals surface area contributed by atoms with Crippen molar-refractivity contribution in [3.05, 3.63) is 63.7 Å². The molecule has 4 saturated carbocycles. The largest absolute Gasteiger partial charge is 0.376 e. The van der Waals surface area contributed by atoms with Gasteiger partial charge in [0.25, 0.3) is 11.6 Å². The molecule has 0 unspecified atom stereocenters. The summed E-state index contributed by atoms with van der Waals surface area (Å²) in [4.78, 5) is 29.1. The third kappa shape index (κ3) is 5.08. The van der Waals surface area contributed by atoms with Crippen LogP contribution in [0.3, 0.4) is 0 Å². The average Bonchev–Trinajstić information content (AvgIpc) is 2.91. The minimum Gasteiger partial charge on any atom is -0.376 e. The summed E-state index contributed by atoms with van der Waals surface area (Å²) in [6, 6.07) is 13.7. The molecule has 1 saturated heterocycles. The van der Waals surface area contributed by atoms with Crippen LogP contribution >= 0.6 is 0 Å². The van der Waals surface area contributed by atoms with Gasteiger partial charge in [-0.25, -0.2) is 0 Å². The van der Waals surface area contributed by atoms with E-state index in [0.29, 0.717) is 31.9 Å². The summed E-state index contributed by atoms with van der Waals surface area (Å²) in [6.07, 6.45) is 7.94. The zero-order valence-corrected chi connectivity index (χ0v) is 24.5. The fraction of sp³-hybridized carbons (Fsp3) is 0.606. The molecule has 1 amide bonds. The summed E-state index contributed by atoms with van der Waals surface area (Å²) in [5.41, 5.74) is 4.01. The summed E-state index contributed by atoms with van der Waals surface area (Å²) >= 11 is 0. The number of nitrogens with one attached hydrogen (secondary N) is 1. The molecule has 1 atom stereocenters. The minimum absolute atomic E-state index is 0.0543. The summed E-state index contributed by atoms with van der Waals surface area (Å²) in [7, 11) is 0. The second kappa shape index (κ2) is 10.1. The van der Waals surface area contributed by atoms with Crippen molar-refractivity contribution in [1.29, 1.82) is 0 Å². The molecule has 2 aromatic rings. The molecule has 7 nitrogen and oxygen atoms in total. The second-order valence-electron chi connectivity index (χ2n) is 14.2. The highest BCUT2D eigenvalue weighted by molar-refractivity contribution is 5.94. The van der Waals surface area contributed by atoms with Crippen LogP contribution < -0.4 is 10.2 Å². The second-order valence-corrected chi connectivity index (χ2v) is 14.2. The van der Waals surface area contributed by atoms with Gasteiger partial charge in [0.1, 0.15) is 5.69 Å². The Balaban J connectivity index is 1.14. The number of nitro benzene ring substituents is 1. The summed E-state index contributed by atoms with van der Waals surface area (Å²) in [5.74, 6) is 2.59. The van der Waals surface area contributed by atoms with Crippen LogP contribution in [0.15, 0.2) is 42.5 Å². The van der Waals surface area contributed by atoms with E-state index in [4.69, 9.17) is 0 Å². The maximum Gasteiger partial charge on any atom is 0.292 e. The highest BCUT2D eigenvalue weighted by Gasteiger charge is 2.53. The molecule has 0 aromatic heterocycles. The summed E-state index contributed by atoms with van der Waals surface area (Å²) < 4.78 is 0. The number of hydrogen-bond donors (Lipinski definition) is 1. The molecule has 1 aliphatic heterocycles. The van der Waals surface area contributed by atoms with E-state index in [1.54, 1.807) is 6.07 Å². The van der Waals surface area contributed by atoms with Gasteiger partial charge in [0.15, 0.2) is 0 Å². The van der Waals surface area contributed by atoms with Crippen molar-refractivity contribution in [3.8, 4) is 0 Å². The number of carbonyl (C=O) groups is 1. The minimum atomic E-state index is -0.264. The Bertz CT molecular complexity index is 1240. The Hall–Kier alpha value is -3.09. The van der Waals surface area contributed by atoms with Gasteiger partial charge in [0, 0.05) is 49.5 Å². The number of amides is 1. The van der Waals surface area contributed by atoms with E-state index in [0.717, 1.165) is 29.0 Å². The van der Waals surface area contributed by atoms with Crippen molar-refractivity contribution >= 4 is 23.0 Å². The quantitative estimate of drug-likeness (QED) is 0.317. The predicted octanol–water partition coefficient (Wildman–Crippen LogP) is 6.87. The van der Waals surface area contributed by atoms with Crippen molar-refractivity contribution in [1.82, 2.24) is 4.90 Å². The molecule has 0 spiro atoms. The van der Waals surface area contributed by atoms with Crippen LogP contribution in [0.2, 0.25) is 0 Å². The summed E-state index contributed by atoms with van der Waals surface area (Å²) in [5, 5.41) is 15.6. The smallest absolute Gasteiger partial charge is 0.292 e. The maximum atomic E-state index is 13.2. The monoisotopic (exact) mass is 544 g/mol. The molecular formula is C33H44N4O3. The van der Waals surface area contributed by atoms with Crippen LogP contribution in [0.5, 0.6) is 0 Å². The van der Waals surface area contributed by atoms with Crippen molar-refractivity contribution in [3.63, 3.8) is 0 Å². The van der Waals surface area contributed by atoms with Crippen LogP contribution in [0.1, 0.15) is 82.1 Å². The molecule has 7 heteroatoms. The lowest BCUT2D eigenvalue weighted by Crippen LogP contribution is -2.53. The number of carbonyl (C=O) groups excluding carboxylic acids is 1. The van der Waals surface area contributed by atoms with E-state index in [1.165, 1.54) is 44.1 Å². The van der Waals surface area contributed by atoms with Crippen LogP contribution in [-0.2, 0) is 5.41 Å². The summed E-state index contributed by atoms with van der Waals surface area (Å²) in [6.45, 7) is 11.4. The Kier molecular flexibility index (Phi) is 6.82.